The molecule has 0 aliphatic carbocycles. The number of carbonyl (C=O) groups is 1. The summed E-state index contributed by atoms with van der Waals surface area (Å²) in [6.07, 6.45) is 1.65. The Morgan fingerprint density at radius 1 is 1.03 bits per heavy atom. The molecule has 1 heterocycles. The molecule has 0 aliphatic heterocycles. The summed E-state index contributed by atoms with van der Waals surface area (Å²) in [5.41, 5.74) is 1.75. The number of hydrogen-bond acceptors (Lipinski definition) is 5. The van der Waals surface area contributed by atoms with Crippen LogP contribution < -0.4 is 19.1 Å². The van der Waals surface area contributed by atoms with Gasteiger partial charge < -0.3 is 14.2 Å². The van der Waals surface area contributed by atoms with E-state index < -0.39 is 0 Å². The highest BCUT2D eigenvalue weighted by Gasteiger charge is 2.19. The fraction of sp³-hybridized carbons (Fsp3) is 0.217. The van der Waals surface area contributed by atoms with Crippen molar-refractivity contribution in [3.05, 3.63) is 76.9 Å². The van der Waals surface area contributed by atoms with Crippen molar-refractivity contribution in [3.63, 3.8) is 0 Å². The van der Waals surface area contributed by atoms with E-state index in [1.807, 2.05) is 31.2 Å². The van der Waals surface area contributed by atoms with E-state index in [-0.39, 0.29) is 12.5 Å². The first-order chi connectivity index (χ1) is 14.5. The molecule has 0 unspecified atom stereocenters. The predicted molar refractivity (Wildman–Crippen MR) is 117 cm³/mol. The minimum atomic E-state index is -0.226. The van der Waals surface area contributed by atoms with Gasteiger partial charge in [0, 0.05) is 11.2 Å². The maximum atomic E-state index is 13.0. The highest BCUT2D eigenvalue weighted by molar-refractivity contribution is 6.31. The van der Waals surface area contributed by atoms with Crippen molar-refractivity contribution in [2.45, 2.75) is 13.5 Å². The molecule has 2 aromatic carbocycles. The normalized spacial score (nSPS) is 10.4. The predicted octanol–water partition coefficient (Wildman–Crippen LogP) is 4.67. The molecule has 0 spiro atoms. The number of benzene rings is 2. The molecule has 7 heteroatoms. The third-order valence-electron chi connectivity index (χ3n) is 4.51. The first kappa shape index (κ1) is 21.5. The molecule has 3 rings (SSSR count). The molecule has 0 bridgehead atoms. The maximum absolute atomic E-state index is 13.0. The Balaban J connectivity index is 1.80. The fourth-order valence-electron chi connectivity index (χ4n) is 2.90. The van der Waals surface area contributed by atoms with Crippen molar-refractivity contribution < 1.29 is 19.0 Å². The van der Waals surface area contributed by atoms with Crippen LogP contribution in [0.15, 0.2) is 60.8 Å². The molecular weight excluding hydrogens is 404 g/mol. The van der Waals surface area contributed by atoms with Crippen LogP contribution in [0.5, 0.6) is 17.2 Å². The first-order valence-electron chi connectivity index (χ1n) is 9.33. The van der Waals surface area contributed by atoms with Crippen LogP contribution in [0.4, 0.5) is 5.82 Å². The van der Waals surface area contributed by atoms with Crippen molar-refractivity contribution in [1.82, 2.24) is 4.98 Å². The molecule has 0 N–H and O–H groups in total. The van der Waals surface area contributed by atoms with Gasteiger partial charge in [-0.1, -0.05) is 23.7 Å². The number of rotatable bonds is 8. The summed E-state index contributed by atoms with van der Waals surface area (Å²) in [4.78, 5) is 18.9. The Bertz CT molecular complexity index is 1010. The summed E-state index contributed by atoms with van der Waals surface area (Å²) in [5, 5.41) is 0.650. The third kappa shape index (κ3) is 5.21. The van der Waals surface area contributed by atoms with Gasteiger partial charge in [0.2, 0.25) is 0 Å². The van der Waals surface area contributed by atoms with E-state index in [0.29, 0.717) is 34.6 Å². The van der Waals surface area contributed by atoms with Gasteiger partial charge in [0.1, 0.15) is 11.6 Å². The van der Waals surface area contributed by atoms with Gasteiger partial charge in [-0.3, -0.25) is 9.69 Å². The number of methoxy groups -OCH3 is 2. The largest absolute Gasteiger partial charge is 0.493 e. The smallest absolute Gasteiger partial charge is 0.266 e. The SMILES string of the molecule is COc1ccc(CN(C(=O)COc2ccc(Cl)c(C)c2)c2ccccn2)cc1OC. The number of anilines is 1. The van der Waals surface area contributed by atoms with Crippen molar-refractivity contribution in [2.24, 2.45) is 0 Å². The van der Waals surface area contributed by atoms with Crippen molar-refractivity contribution in [3.8, 4) is 17.2 Å². The summed E-state index contributed by atoms with van der Waals surface area (Å²) in [5.74, 6) is 2.11. The van der Waals surface area contributed by atoms with Gasteiger partial charge in [-0.15, -0.1) is 0 Å². The average molecular weight is 427 g/mol. The third-order valence-corrected chi connectivity index (χ3v) is 4.93. The van der Waals surface area contributed by atoms with E-state index in [9.17, 15) is 4.79 Å². The highest BCUT2D eigenvalue weighted by Crippen LogP contribution is 2.29. The zero-order chi connectivity index (χ0) is 21.5. The van der Waals surface area contributed by atoms with Crippen LogP contribution in [0.3, 0.4) is 0 Å². The van der Waals surface area contributed by atoms with Crippen LogP contribution >= 0.6 is 11.6 Å². The van der Waals surface area contributed by atoms with Gasteiger partial charge in [0.25, 0.3) is 5.91 Å². The summed E-state index contributed by atoms with van der Waals surface area (Å²) in [6.45, 7) is 2.05. The molecule has 30 heavy (non-hydrogen) atoms. The Morgan fingerprint density at radius 2 is 1.83 bits per heavy atom. The van der Waals surface area contributed by atoms with Crippen molar-refractivity contribution >= 4 is 23.3 Å². The average Bonchev–Trinajstić information content (AvgIpc) is 2.78. The summed E-state index contributed by atoms with van der Waals surface area (Å²) in [7, 11) is 3.16. The lowest BCUT2D eigenvalue weighted by molar-refractivity contribution is -0.120. The molecule has 6 nitrogen and oxygen atoms in total. The molecule has 0 saturated carbocycles. The number of carbonyl (C=O) groups excluding carboxylic acids is 1. The maximum Gasteiger partial charge on any atom is 0.266 e. The van der Waals surface area contributed by atoms with E-state index >= 15 is 0 Å². The summed E-state index contributed by atoms with van der Waals surface area (Å²) >= 11 is 6.05. The topological polar surface area (TPSA) is 60.9 Å². The van der Waals surface area contributed by atoms with Crippen LogP contribution in [0, 0.1) is 6.92 Å². The number of aryl methyl sites for hydroxylation is 1. The Labute approximate surface area is 181 Å². The Kier molecular flexibility index (Phi) is 7.14. The van der Waals surface area contributed by atoms with Gasteiger partial charge in [-0.25, -0.2) is 4.98 Å². The van der Waals surface area contributed by atoms with E-state index in [2.05, 4.69) is 4.98 Å². The van der Waals surface area contributed by atoms with Crippen LogP contribution in [0.1, 0.15) is 11.1 Å². The molecule has 0 saturated heterocycles. The zero-order valence-corrected chi connectivity index (χ0v) is 17.8. The van der Waals surface area contributed by atoms with Crippen LogP contribution in [-0.4, -0.2) is 31.7 Å². The van der Waals surface area contributed by atoms with Gasteiger partial charge in [-0.2, -0.15) is 0 Å². The van der Waals surface area contributed by atoms with E-state index in [4.69, 9.17) is 25.8 Å². The molecule has 1 aromatic heterocycles. The number of halogens is 1. The molecule has 0 fully saturated rings. The molecule has 1 amide bonds. The molecule has 3 aromatic rings. The van der Waals surface area contributed by atoms with E-state index in [1.54, 1.807) is 55.6 Å². The van der Waals surface area contributed by atoms with Gasteiger partial charge in [0.05, 0.1) is 20.8 Å². The molecule has 156 valence electrons. The number of amides is 1. The van der Waals surface area contributed by atoms with Crippen molar-refractivity contribution in [2.75, 3.05) is 25.7 Å². The zero-order valence-electron chi connectivity index (χ0n) is 17.1. The minimum absolute atomic E-state index is 0.134. The monoisotopic (exact) mass is 426 g/mol. The molecule has 0 radical (unpaired) electrons. The van der Waals surface area contributed by atoms with Crippen LogP contribution in [-0.2, 0) is 11.3 Å². The highest BCUT2D eigenvalue weighted by atomic mass is 35.5. The van der Waals surface area contributed by atoms with E-state index in [1.165, 1.54) is 0 Å². The minimum Gasteiger partial charge on any atom is -0.493 e. The second-order valence-electron chi connectivity index (χ2n) is 6.56. The number of nitrogens with zero attached hydrogens (tertiary/aromatic N) is 2. The lowest BCUT2D eigenvalue weighted by Gasteiger charge is -2.22. The first-order valence-corrected chi connectivity index (χ1v) is 9.71. The Morgan fingerprint density at radius 3 is 2.50 bits per heavy atom. The number of aromatic nitrogens is 1. The van der Waals surface area contributed by atoms with Gasteiger partial charge >= 0.3 is 0 Å². The van der Waals surface area contributed by atoms with E-state index in [0.717, 1.165) is 11.1 Å². The second kappa shape index (κ2) is 9.98. The molecular formula is C23H23ClN2O4. The quantitative estimate of drug-likeness (QED) is 0.523. The van der Waals surface area contributed by atoms with Crippen LogP contribution in [0.25, 0.3) is 0 Å². The van der Waals surface area contributed by atoms with Gasteiger partial charge in [0.15, 0.2) is 18.1 Å². The van der Waals surface area contributed by atoms with Crippen molar-refractivity contribution in [1.29, 1.82) is 0 Å². The van der Waals surface area contributed by atoms with Crippen LogP contribution in [0.2, 0.25) is 5.02 Å². The lowest BCUT2D eigenvalue weighted by Crippen LogP contribution is -2.35. The lowest BCUT2D eigenvalue weighted by atomic mass is 10.2. The molecule has 0 aliphatic rings. The summed E-state index contributed by atoms with van der Waals surface area (Å²) in [6, 6.07) is 16.2. The Hall–Kier alpha value is -3.25. The molecule has 0 atom stereocenters. The number of hydrogen-bond donors (Lipinski definition) is 0. The fourth-order valence-corrected chi connectivity index (χ4v) is 3.02. The second-order valence-corrected chi connectivity index (χ2v) is 6.96. The standard InChI is InChI=1S/C23H23ClN2O4/c1-16-12-18(8-9-19(16)24)30-15-23(27)26(22-6-4-5-11-25-22)14-17-7-10-20(28-2)21(13-17)29-3/h4-13H,14-15H2,1-3H3. The number of pyridine rings is 1. The summed E-state index contributed by atoms with van der Waals surface area (Å²) < 4.78 is 16.4. The number of ether oxygens (including phenoxy) is 3. The van der Waals surface area contributed by atoms with Gasteiger partial charge in [-0.05, 0) is 60.5 Å².